The van der Waals surface area contributed by atoms with E-state index in [-0.39, 0.29) is 11.8 Å². The first-order valence-corrected chi connectivity index (χ1v) is 6.38. The van der Waals surface area contributed by atoms with Gasteiger partial charge < -0.3 is 10.0 Å². The quantitative estimate of drug-likeness (QED) is 0.754. The van der Waals surface area contributed by atoms with Gasteiger partial charge in [0.05, 0.1) is 0 Å². The zero-order chi connectivity index (χ0) is 14.0. The molecule has 1 N–H and O–H groups in total. The molecule has 19 heavy (non-hydrogen) atoms. The largest absolute Gasteiger partial charge is 0.480 e. The average molecular weight is 263 g/mol. The fourth-order valence-corrected chi connectivity index (χ4v) is 2.75. The van der Waals surface area contributed by atoms with Crippen molar-refractivity contribution in [2.75, 3.05) is 6.54 Å². The van der Waals surface area contributed by atoms with Gasteiger partial charge in [-0.2, -0.15) is 0 Å². The van der Waals surface area contributed by atoms with Crippen molar-refractivity contribution in [1.29, 1.82) is 0 Å². The van der Waals surface area contributed by atoms with Crippen LogP contribution in [0.4, 0.5) is 0 Å². The van der Waals surface area contributed by atoms with Gasteiger partial charge in [-0.1, -0.05) is 24.3 Å². The number of likely N-dealkylation sites (tertiary alicyclic amines) is 1. The highest BCUT2D eigenvalue weighted by Crippen LogP contribution is 2.30. The summed E-state index contributed by atoms with van der Waals surface area (Å²) in [6.07, 6.45) is 8.98. The van der Waals surface area contributed by atoms with E-state index in [0.29, 0.717) is 13.0 Å². The van der Waals surface area contributed by atoms with Crippen molar-refractivity contribution >= 4 is 17.7 Å². The fraction of sp³-hybridized carbons (Fsp3) is 0.500. The van der Waals surface area contributed by atoms with Crippen LogP contribution in [-0.4, -0.2) is 40.3 Å². The number of carbonyl (C=O) groups excluding carboxylic acids is 2. The van der Waals surface area contributed by atoms with Gasteiger partial charge in [0.25, 0.3) is 5.91 Å². The summed E-state index contributed by atoms with van der Waals surface area (Å²) in [7, 11) is 0. The maximum absolute atomic E-state index is 11.9. The van der Waals surface area contributed by atoms with Gasteiger partial charge in [0.2, 0.25) is 5.78 Å². The van der Waals surface area contributed by atoms with Crippen LogP contribution in [0.1, 0.15) is 19.8 Å². The van der Waals surface area contributed by atoms with E-state index in [0.717, 1.165) is 6.42 Å². The number of amides is 1. The first kappa shape index (κ1) is 13.5. The Bertz CT molecular complexity index is 466. The van der Waals surface area contributed by atoms with Gasteiger partial charge in [-0.15, -0.1) is 0 Å². The smallest absolute Gasteiger partial charge is 0.326 e. The Hall–Kier alpha value is -1.91. The Kier molecular flexibility index (Phi) is 3.83. The molecule has 2 bridgehead atoms. The molecule has 0 radical (unpaired) electrons. The topological polar surface area (TPSA) is 74.7 Å². The van der Waals surface area contributed by atoms with Crippen molar-refractivity contribution in [3.8, 4) is 0 Å². The maximum Gasteiger partial charge on any atom is 0.326 e. The summed E-state index contributed by atoms with van der Waals surface area (Å²) >= 11 is 0. The first-order chi connectivity index (χ1) is 8.99. The molecule has 1 saturated heterocycles. The Labute approximate surface area is 111 Å². The van der Waals surface area contributed by atoms with E-state index >= 15 is 0 Å². The first-order valence-electron chi connectivity index (χ1n) is 6.38. The Balaban J connectivity index is 2.31. The van der Waals surface area contributed by atoms with E-state index in [4.69, 9.17) is 0 Å². The lowest BCUT2D eigenvalue weighted by Gasteiger charge is -2.27. The van der Waals surface area contributed by atoms with E-state index in [9.17, 15) is 19.5 Å². The van der Waals surface area contributed by atoms with Crippen LogP contribution in [0.15, 0.2) is 24.3 Å². The van der Waals surface area contributed by atoms with Crippen molar-refractivity contribution in [3.05, 3.63) is 24.3 Å². The van der Waals surface area contributed by atoms with Gasteiger partial charge in [0.15, 0.2) is 0 Å². The third-order valence-electron chi connectivity index (χ3n) is 3.66. The molecule has 3 atom stereocenters. The van der Waals surface area contributed by atoms with E-state index in [1.807, 2.05) is 24.3 Å². The number of carboxylic acids is 1. The lowest BCUT2D eigenvalue weighted by atomic mass is 9.93. The number of ketones is 1. The second-order valence-corrected chi connectivity index (χ2v) is 5.13. The summed E-state index contributed by atoms with van der Waals surface area (Å²) in [4.78, 5) is 35.8. The molecule has 5 nitrogen and oxygen atoms in total. The van der Waals surface area contributed by atoms with Gasteiger partial charge in [0, 0.05) is 13.5 Å². The number of allylic oxidation sites excluding steroid dienone is 3. The molecular formula is C14H17NO4. The van der Waals surface area contributed by atoms with Crippen LogP contribution in [0.2, 0.25) is 0 Å². The number of aliphatic carboxylic acids is 1. The highest BCUT2D eigenvalue weighted by molar-refractivity contribution is 6.35. The molecule has 1 fully saturated rings. The molecule has 0 aromatic carbocycles. The highest BCUT2D eigenvalue weighted by atomic mass is 16.4. The fourth-order valence-electron chi connectivity index (χ4n) is 2.75. The van der Waals surface area contributed by atoms with Crippen molar-refractivity contribution in [2.45, 2.75) is 25.8 Å². The number of hydrogen-bond acceptors (Lipinski definition) is 3. The van der Waals surface area contributed by atoms with Crippen LogP contribution in [0.5, 0.6) is 0 Å². The Morgan fingerprint density at radius 1 is 1.11 bits per heavy atom. The predicted octanol–water partition coefficient (Wildman–Crippen LogP) is 1.01. The molecule has 1 aliphatic heterocycles. The summed E-state index contributed by atoms with van der Waals surface area (Å²) in [6.45, 7) is 1.48. The molecule has 1 aliphatic carbocycles. The van der Waals surface area contributed by atoms with Gasteiger partial charge in [-0.25, -0.2) is 4.79 Å². The second kappa shape index (κ2) is 5.38. The van der Waals surface area contributed by atoms with Crippen LogP contribution >= 0.6 is 0 Å². The van der Waals surface area contributed by atoms with E-state index in [1.54, 1.807) is 0 Å². The number of Topliss-reactive ketones (excluding diaryl/α,β-unsaturated/α-hetero) is 1. The maximum atomic E-state index is 11.9. The third kappa shape index (κ3) is 2.92. The molecule has 0 spiro atoms. The summed E-state index contributed by atoms with van der Waals surface area (Å²) in [6, 6.07) is -0.914. The minimum Gasteiger partial charge on any atom is -0.480 e. The summed E-state index contributed by atoms with van der Waals surface area (Å²) < 4.78 is 0. The summed E-state index contributed by atoms with van der Waals surface area (Å²) in [5, 5.41) is 9.31. The minimum absolute atomic E-state index is 0.104. The SMILES string of the molecule is CC(=O)C(=O)N1CC2C=CC=CC(C2)CC1C(=O)O. The predicted molar refractivity (Wildman–Crippen MR) is 68.3 cm³/mol. The summed E-state index contributed by atoms with van der Waals surface area (Å²) in [5.41, 5.74) is 0. The summed E-state index contributed by atoms with van der Waals surface area (Å²) in [5.74, 6) is -2.12. The van der Waals surface area contributed by atoms with Gasteiger partial charge in [-0.3, -0.25) is 9.59 Å². The molecule has 3 unspecified atom stereocenters. The molecule has 0 aromatic rings. The molecular weight excluding hydrogens is 246 g/mol. The van der Waals surface area contributed by atoms with Crippen LogP contribution in [0, 0.1) is 11.8 Å². The number of hydrogen-bond donors (Lipinski definition) is 1. The van der Waals surface area contributed by atoms with Crippen LogP contribution in [0.3, 0.4) is 0 Å². The second-order valence-electron chi connectivity index (χ2n) is 5.13. The monoisotopic (exact) mass is 263 g/mol. The van der Waals surface area contributed by atoms with Crippen LogP contribution in [0.25, 0.3) is 0 Å². The van der Waals surface area contributed by atoms with Gasteiger partial charge >= 0.3 is 5.97 Å². The van der Waals surface area contributed by atoms with E-state index < -0.39 is 23.7 Å². The number of rotatable bonds is 2. The number of carboxylic acid groups (broad SMARTS) is 1. The average Bonchev–Trinajstić information content (AvgIpc) is 2.68. The Morgan fingerprint density at radius 3 is 2.32 bits per heavy atom. The van der Waals surface area contributed by atoms with Gasteiger partial charge in [0.1, 0.15) is 6.04 Å². The molecule has 0 saturated carbocycles. The van der Waals surface area contributed by atoms with Gasteiger partial charge in [-0.05, 0) is 24.7 Å². The molecule has 2 rings (SSSR count). The number of nitrogens with zero attached hydrogens (tertiary/aromatic N) is 1. The van der Waals surface area contributed by atoms with Crippen molar-refractivity contribution in [2.24, 2.45) is 11.8 Å². The lowest BCUT2D eigenvalue weighted by Crippen LogP contribution is -2.48. The molecule has 5 heteroatoms. The Morgan fingerprint density at radius 2 is 1.74 bits per heavy atom. The molecule has 102 valence electrons. The molecule has 2 aliphatic rings. The third-order valence-corrected chi connectivity index (χ3v) is 3.66. The number of carbonyl (C=O) groups is 3. The molecule has 1 heterocycles. The molecule has 0 aromatic heterocycles. The number of fused-ring (bicyclic) bond motifs is 2. The van der Waals surface area contributed by atoms with Crippen molar-refractivity contribution < 1.29 is 19.5 Å². The van der Waals surface area contributed by atoms with Crippen molar-refractivity contribution in [1.82, 2.24) is 4.90 Å². The van der Waals surface area contributed by atoms with E-state index in [2.05, 4.69) is 0 Å². The zero-order valence-corrected chi connectivity index (χ0v) is 10.8. The van der Waals surface area contributed by atoms with Crippen LogP contribution < -0.4 is 0 Å². The normalized spacial score (nSPS) is 29.5. The molecule has 1 amide bonds. The minimum atomic E-state index is -1.04. The zero-order valence-electron chi connectivity index (χ0n) is 10.8. The highest BCUT2D eigenvalue weighted by Gasteiger charge is 2.37. The van der Waals surface area contributed by atoms with E-state index in [1.165, 1.54) is 11.8 Å². The van der Waals surface area contributed by atoms with Crippen molar-refractivity contribution in [3.63, 3.8) is 0 Å². The van der Waals surface area contributed by atoms with Crippen LogP contribution in [-0.2, 0) is 14.4 Å². The lowest BCUT2D eigenvalue weighted by molar-refractivity contribution is -0.153. The standard InChI is InChI=1S/C14H17NO4/c1-9(16)13(17)15-8-11-5-3-2-4-10(6-11)7-12(15)14(18)19/h2-5,10-12H,6-8H2,1H3,(H,18,19).